The lowest BCUT2D eigenvalue weighted by atomic mass is 9.98. The van der Waals surface area contributed by atoms with Crippen LogP contribution in [0, 0.1) is 11.8 Å². The molecule has 0 aromatic carbocycles. The molecule has 0 amide bonds. The number of Topliss-reactive ketones (excluding diaryl/α,β-unsaturated/α-hetero) is 1. The first-order valence-corrected chi connectivity index (χ1v) is 4.25. The molecule has 0 spiro atoms. The first kappa shape index (κ1) is 10.4. The van der Waals surface area contributed by atoms with Crippen LogP contribution in [0.4, 0.5) is 0 Å². The van der Waals surface area contributed by atoms with Crippen LogP contribution < -0.4 is 0 Å². The lowest BCUT2D eigenvalue weighted by molar-refractivity contribution is -0.125. The molecular formula is C7H13IO2. The van der Waals surface area contributed by atoms with Crippen molar-refractivity contribution in [2.45, 2.75) is 20.8 Å². The van der Waals surface area contributed by atoms with E-state index >= 15 is 0 Å². The molecule has 0 saturated heterocycles. The number of rotatable bonds is 4. The Labute approximate surface area is 76.0 Å². The summed E-state index contributed by atoms with van der Waals surface area (Å²) in [5, 5.41) is 0. The zero-order chi connectivity index (χ0) is 8.15. The summed E-state index contributed by atoms with van der Waals surface area (Å²) in [6.45, 7) is 6.23. The second-order valence-electron chi connectivity index (χ2n) is 2.73. The van der Waals surface area contributed by atoms with Gasteiger partial charge in [-0.2, -0.15) is 0 Å². The van der Waals surface area contributed by atoms with Crippen molar-refractivity contribution in [3.05, 3.63) is 0 Å². The molecule has 60 valence electrons. The quantitative estimate of drug-likeness (QED) is 0.721. The van der Waals surface area contributed by atoms with Gasteiger partial charge in [-0.25, -0.2) is 0 Å². The molecule has 0 radical (unpaired) electrons. The molecule has 0 heterocycles. The van der Waals surface area contributed by atoms with Gasteiger partial charge in [0, 0.05) is 11.8 Å². The maximum Gasteiger partial charge on any atom is 0.140 e. The third kappa shape index (κ3) is 3.51. The molecule has 1 unspecified atom stereocenters. The molecule has 0 bridgehead atoms. The van der Waals surface area contributed by atoms with Gasteiger partial charge >= 0.3 is 0 Å². The maximum absolute atomic E-state index is 11.1. The average Bonchev–Trinajstić information content (AvgIpc) is 1.87. The van der Waals surface area contributed by atoms with Crippen molar-refractivity contribution in [3.8, 4) is 0 Å². The molecule has 0 aromatic heterocycles. The molecule has 0 N–H and O–H groups in total. The largest absolute Gasteiger partial charge is 0.315 e. The minimum Gasteiger partial charge on any atom is -0.315 e. The Hall–Kier alpha value is 0.360. The molecule has 0 aliphatic carbocycles. The highest BCUT2D eigenvalue weighted by atomic mass is 127. The summed E-state index contributed by atoms with van der Waals surface area (Å²) in [4.78, 5) is 11.1. The highest BCUT2D eigenvalue weighted by Crippen LogP contribution is 2.07. The SMILES string of the molecule is CC(C)C(=O)C(C)COI. The minimum absolute atomic E-state index is 0.0388. The van der Waals surface area contributed by atoms with Gasteiger partial charge in [-0.3, -0.25) is 4.79 Å². The van der Waals surface area contributed by atoms with E-state index < -0.39 is 0 Å². The van der Waals surface area contributed by atoms with E-state index in [2.05, 4.69) is 0 Å². The van der Waals surface area contributed by atoms with Crippen LogP contribution in [0.1, 0.15) is 20.8 Å². The van der Waals surface area contributed by atoms with Gasteiger partial charge in [-0.05, 0) is 0 Å². The van der Waals surface area contributed by atoms with Gasteiger partial charge in [-0.1, -0.05) is 20.8 Å². The van der Waals surface area contributed by atoms with E-state index in [9.17, 15) is 4.79 Å². The summed E-state index contributed by atoms with van der Waals surface area (Å²) in [7, 11) is 0. The van der Waals surface area contributed by atoms with Crippen molar-refractivity contribution in [1.29, 1.82) is 0 Å². The fourth-order valence-electron chi connectivity index (χ4n) is 0.746. The molecular weight excluding hydrogens is 243 g/mol. The second-order valence-corrected chi connectivity index (χ2v) is 3.36. The van der Waals surface area contributed by atoms with Crippen LogP contribution >= 0.6 is 23.0 Å². The highest BCUT2D eigenvalue weighted by molar-refractivity contribution is 14.1. The molecule has 0 rings (SSSR count). The maximum atomic E-state index is 11.1. The van der Waals surface area contributed by atoms with Crippen LogP contribution in [0.25, 0.3) is 0 Å². The van der Waals surface area contributed by atoms with Crippen molar-refractivity contribution in [2.75, 3.05) is 6.61 Å². The minimum atomic E-state index is 0.0388. The Morgan fingerprint density at radius 1 is 1.50 bits per heavy atom. The predicted molar refractivity (Wildman–Crippen MR) is 49.0 cm³/mol. The van der Waals surface area contributed by atoms with Crippen LogP contribution in [0.2, 0.25) is 0 Å². The van der Waals surface area contributed by atoms with Crippen LogP contribution in [0.3, 0.4) is 0 Å². The molecule has 0 aliphatic heterocycles. The lowest BCUT2D eigenvalue weighted by Gasteiger charge is -2.09. The van der Waals surface area contributed by atoms with Crippen molar-refractivity contribution < 1.29 is 7.86 Å². The first-order valence-electron chi connectivity index (χ1n) is 3.36. The smallest absolute Gasteiger partial charge is 0.140 e. The van der Waals surface area contributed by atoms with E-state index in [1.807, 2.05) is 43.8 Å². The molecule has 0 aliphatic rings. The number of carbonyl (C=O) groups is 1. The van der Waals surface area contributed by atoms with Crippen LogP contribution in [-0.2, 0) is 7.86 Å². The third-order valence-corrected chi connectivity index (χ3v) is 1.73. The summed E-state index contributed by atoms with van der Waals surface area (Å²) < 4.78 is 4.82. The van der Waals surface area contributed by atoms with Gasteiger partial charge in [0.1, 0.15) is 28.8 Å². The molecule has 0 aromatic rings. The van der Waals surface area contributed by atoms with Gasteiger partial charge in [0.25, 0.3) is 0 Å². The monoisotopic (exact) mass is 256 g/mol. The Morgan fingerprint density at radius 2 is 2.00 bits per heavy atom. The molecule has 0 saturated carbocycles. The number of hydrogen-bond donors (Lipinski definition) is 0. The lowest BCUT2D eigenvalue weighted by Crippen LogP contribution is -2.20. The Balaban J connectivity index is 3.71. The second kappa shape index (κ2) is 5.07. The van der Waals surface area contributed by atoms with E-state index in [0.717, 1.165) is 0 Å². The Morgan fingerprint density at radius 3 is 2.30 bits per heavy atom. The number of halogens is 1. The van der Waals surface area contributed by atoms with Crippen LogP contribution in [-0.4, -0.2) is 12.4 Å². The topological polar surface area (TPSA) is 26.3 Å². The standard InChI is InChI=1S/C7H13IO2/c1-5(2)7(9)6(3)4-10-8/h5-6H,4H2,1-3H3. The summed E-state index contributed by atoms with van der Waals surface area (Å²) in [5.41, 5.74) is 0. The van der Waals surface area contributed by atoms with Gasteiger partial charge in [0.05, 0.1) is 6.61 Å². The highest BCUT2D eigenvalue weighted by Gasteiger charge is 2.15. The van der Waals surface area contributed by atoms with Crippen molar-refractivity contribution in [3.63, 3.8) is 0 Å². The zero-order valence-electron chi connectivity index (χ0n) is 6.56. The van der Waals surface area contributed by atoms with Gasteiger partial charge < -0.3 is 3.07 Å². The third-order valence-electron chi connectivity index (χ3n) is 1.37. The molecule has 10 heavy (non-hydrogen) atoms. The summed E-state index contributed by atoms with van der Waals surface area (Å²) in [6, 6.07) is 0. The normalized spacial score (nSPS) is 13.7. The van der Waals surface area contributed by atoms with Gasteiger partial charge in [0.15, 0.2) is 0 Å². The van der Waals surface area contributed by atoms with Crippen molar-refractivity contribution in [2.24, 2.45) is 11.8 Å². The number of hydrogen-bond acceptors (Lipinski definition) is 2. The van der Waals surface area contributed by atoms with Crippen LogP contribution in [0.15, 0.2) is 0 Å². The average molecular weight is 256 g/mol. The molecule has 1 atom stereocenters. The van der Waals surface area contributed by atoms with Crippen molar-refractivity contribution >= 4 is 28.8 Å². The van der Waals surface area contributed by atoms with Gasteiger partial charge in [-0.15, -0.1) is 0 Å². The predicted octanol–water partition coefficient (Wildman–Crippen LogP) is 2.21. The molecule has 3 heteroatoms. The zero-order valence-corrected chi connectivity index (χ0v) is 8.71. The first-order chi connectivity index (χ1) is 4.59. The van der Waals surface area contributed by atoms with E-state index in [1.165, 1.54) is 0 Å². The Kier molecular flexibility index (Phi) is 5.25. The Bertz CT molecular complexity index is 112. The van der Waals surface area contributed by atoms with E-state index in [0.29, 0.717) is 6.61 Å². The molecule has 2 nitrogen and oxygen atoms in total. The van der Waals surface area contributed by atoms with E-state index in [1.54, 1.807) is 0 Å². The number of ketones is 1. The summed E-state index contributed by atoms with van der Waals surface area (Å²) in [5.74, 6) is 0.440. The van der Waals surface area contributed by atoms with Gasteiger partial charge in [0.2, 0.25) is 0 Å². The van der Waals surface area contributed by atoms with E-state index in [-0.39, 0.29) is 17.6 Å². The summed E-state index contributed by atoms with van der Waals surface area (Å²) >= 11 is 1.81. The molecule has 0 fully saturated rings. The number of carbonyl (C=O) groups excluding carboxylic acids is 1. The summed E-state index contributed by atoms with van der Waals surface area (Å²) in [6.07, 6.45) is 0. The van der Waals surface area contributed by atoms with E-state index in [4.69, 9.17) is 3.07 Å². The van der Waals surface area contributed by atoms with Crippen molar-refractivity contribution in [1.82, 2.24) is 0 Å². The van der Waals surface area contributed by atoms with Crippen LogP contribution in [0.5, 0.6) is 0 Å². The fraction of sp³-hybridized carbons (Fsp3) is 0.857. The fourth-order valence-corrected chi connectivity index (χ4v) is 1.29.